The Labute approximate surface area is 135 Å². The molecule has 5 nitrogen and oxygen atoms in total. The number of rotatable bonds is 3. The van der Waals surface area contributed by atoms with Gasteiger partial charge in [0.05, 0.1) is 22.4 Å². The molecule has 0 radical (unpaired) electrons. The molecule has 0 bridgehead atoms. The smallest absolute Gasteiger partial charge is 0.266 e. The summed E-state index contributed by atoms with van der Waals surface area (Å²) in [7, 11) is 0. The van der Waals surface area contributed by atoms with Gasteiger partial charge in [-0.3, -0.25) is 9.48 Å². The van der Waals surface area contributed by atoms with Crippen molar-refractivity contribution in [2.75, 3.05) is 13.1 Å². The molecule has 0 aliphatic carbocycles. The van der Waals surface area contributed by atoms with Crippen LogP contribution in [0, 0.1) is 20.8 Å². The van der Waals surface area contributed by atoms with Crippen molar-refractivity contribution in [2.24, 2.45) is 0 Å². The normalized spacial score (nSPS) is 15.5. The van der Waals surface area contributed by atoms with E-state index in [1.807, 2.05) is 23.4 Å². The van der Waals surface area contributed by atoms with Gasteiger partial charge in [0.15, 0.2) is 0 Å². The second-order valence-corrected chi connectivity index (χ2v) is 7.39. The van der Waals surface area contributed by atoms with Crippen LogP contribution in [0.25, 0.3) is 0 Å². The third kappa shape index (κ3) is 2.56. The first-order chi connectivity index (χ1) is 10.4. The van der Waals surface area contributed by atoms with E-state index in [-0.39, 0.29) is 5.91 Å². The molecule has 0 N–H and O–H groups in total. The molecule has 1 aliphatic rings. The molecular weight excluding hydrogens is 296 g/mol. The predicted molar refractivity (Wildman–Crippen MR) is 87.6 cm³/mol. The fraction of sp³-hybridized carbons (Fsp3) is 0.562. The number of amides is 1. The Hall–Kier alpha value is -1.69. The van der Waals surface area contributed by atoms with Crippen molar-refractivity contribution in [2.45, 2.75) is 46.6 Å². The Morgan fingerprint density at radius 3 is 2.50 bits per heavy atom. The zero-order valence-corrected chi connectivity index (χ0v) is 14.6. The van der Waals surface area contributed by atoms with E-state index in [1.54, 1.807) is 0 Å². The highest BCUT2D eigenvalue weighted by Gasteiger charge is 2.35. The van der Waals surface area contributed by atoms with Crippen molar-refractivity contribution in [3.05, 3.63) is 33.0 Å². The standard InChI is InChI=1S/C16H22N4OS/c1-9(2)15-17-12(5)14(22-15)16(21)19-7-13(8-19)20-11(4)6-10(3)18-20/h6,9,13H,7-8H2,1-5H3. The Bertz CT molecular complexity index is 710. The van der Waals surface area contributed by atoms with Crippen LogP contribution in [-0.2, 0) is 0 Å². The Morgan fingerprint density at radius 1 is 1.32 bits per heavy atom. The Balaban J connectivity index is 1.70. The average molecular weight is 318 g/mol. The molecule has 0 atom stereocenters. The highest BCUT2D eigenvalue weighted by molar-refractivity contribution is 7.13. The van der Waals surface area contributed by atoms with Crippen LogP contribution in [-0.4, -0.2) is 38.7 Å². The maximum Gasteiger partial charge on any atom is 0.266 e. The molecule has 1 fully saturated rings. The highest BCUT2D eigenvalue weighted by Crippen LogP contribution is 2.29. The summed E-state index contributed by atoms with van der Waals surface area (Å²) in [6, 6.07) is 2.38. The van der Waals surface area contributed by atoms with E-state index in [4.69, 9.17) is 0 Å². The molecule has 3 rings (SSSR count). The first-order valence-corrected chi connectivity index (χ1v) is 8.47. The molecule has 1 amide bonds. The lowest BCUT2D eigenvalue weighted by Crippen LogP contribution is -2.51. The summed E-state index contributed by atoms with van der Waals surface area (Å²) in [5.41, 5.74) is 3.04. The van der Waals surface area contributed by atoms with E-state index in [2.05, 4.69) is 36.9 Å². The van der Waals surface area contributed by atoms with E-state index < -0.39 is 0 Å². The van der Waals surface area contributed by atoms with Crippen LogP contribution in [0.4, 0.5) is 0 Å². The van der Waals surface area contributed by atoms with Crippen LogP contribution in [0.1, 0.15) is 57.6 Å². The zero-order chi connectivity index (χ0) is 16.0. The second kappa shape index (κ2) is 5.50. The lowest BCUT2D eigenvalue weighted by molar-refractivity contribution is 0.0501. The number of nitrogens with zero attached hydrogens (tertiary/aromatic N) is 4. The second-order valence-electron chi connectivity index (χ2n) is 6.36. The van der Waals surface area contributed by atoms with Crippen LogP contribution in [0.2, 0.25) is 0 Å². The monoisotopic (exact) mass is 318 g/mol. The summed E-state index contributed by atoms with van der Waals surface area (Å²) in [5, 5.41) is 5.55. The molecule has 22 heavy (non-hydrogen) atoms. The van der Waals surface area contributed by atoms with Crippen LogP contribution in [0.15, 0.2) is 6.07 Å². The summed E-state index contributed by atoms with van der Waals surface area (Å²) in [6.07, 6.45) is 0. The van der Waals surface area contributed by atoms with Crippen molar-refractivity contribution in [1.29, 1.82) is 0 Å². The quantitative estimate of drug-likeness (QED) is 0.874. The number of carbonyl (C=O) groups excluding carboxylic acids is 1. The molecule has 6 heteroatoms. The molecule has 0 unspecified atom stereocenters. The molecule has 0 saturated carbocycles. The summed E-state index contributed by atoms with van der Waals surface area (Å²) in [6.45, 7) is 11.7. The molecule has 0 aromatic carbocycles. The van der Waals surface area contributed by atoms with E-state index in [0.717, 1.165) is 40.1 Å². The fourth-order valence-corrected chi connectivity index (χ4v) is 3.84. The van der Waals surface area contributed by atoms with E-state index in [1.165, 1.54) is 11.3 Å². The van der Waals surface area contributed by atoms with E-state index in [0.29, 0.717) is 12.0 Å². The van der Waals surface area contributed by atoms with Gasteiger partial charge in [-0.25, -0.2) is 4.98 Å². The topological polar surface area (TPSA) is 51.0 Å². The minimum absolute atomic E-state index is 0.111. The van der Waals surface area contributed by atoms with Gasteiger partial charge in [-0.05, 0) is 26.8 Å². The van der Waals surface area contributed by atoms with Crippen molar-refractivity contribution in [3.63, 3.8) is 0 Å². The maximum absolute atomic E-state index is 12.6. The van der Waals surface area contributed by atoms with Crippen LogP contribution in [0.3, 0.4) is 0 Å². The molecule has 1 aliphatic heterocycles. The van der Waals surface area contributed by atoms with Crippen LogP contribution >= 0.6 is 11.3 Å². The van der Waals surface area contributed by atoms with Crippen LogP contribution in [0.5, 0.6) is 0 Å². The highest BCUT2D eigenvalue weighted by atomic mass is 32.1. The first kappa shape index (κ1) is 15.2. The van der Waals surface area contributed by atoms with Gasteiger partial charge in [0.2, 0.25) is 0 Å². The predicted octanol–water partition coefficient (Wildman–Crippen LogP) is 3.09. The number of aromatic nitrogens is 3. The van der Waals surface area contributed by atoms with Gasteiger partial charge in [-0.2, -0.15) is 5.10 Å². The molecule has 1 saturated heterocycles. The lowest BCUT2D eigenvalue weighted by atomic mass is 10.1. The van der Waals surface area contributed by atoms with Gasteiger partial charge in [-0.15, -0.1) is 11.3 Å². The number of aryl methyl sites for hydroxylation is 3. The van der Waals surface area contributed by atoms with Gasteiger partial charge in [0, 0.05) is 24.7 Å². The third-order valence-electron chi connectivity index (χ3n) is 4.04. The number of thiazole rings is 1. The largest absolute Gasteiger partial charge is 0.333 e. The maximum atomic E-state index is 12.6. The summed E-state index contributed by atoms with van der Waals surface area (Å²) in [5.74, 6) is 0.476. The molecule has 2 aromatic rings. The van der Waals surface area contributed by atoms with Gasteiger partial charge < -0.3 is 4.90 Å². The van der Waals surface area contributed by atoms with E-state index in [9.17, 15) is 4.79 Å². The van der Waals surface area contributed by atoms with Gasteiger partial charge in [0.25, 0.3) is 5.91 Å². The van der Waals surface area contributed by atoms with Crippen LogP contribution < -0.4 is 0 Å². The number of hydrogen-bond donors (Lipinski definition) is 0. The minimum atomic E-state index is 0.111. The zero-order valence-electron chi connectivity index (χ0n) is 13.8. The third-order valence-corrected chi connectivity index (χ3v) is 5.49. The summed E-state index contributed by atoms with van der Waals surface area (Å²) < 4.78 is 2.04. The minimum Gasteiger partial charge on any atom is -0.333 e. The van der Waals surface area contributed by atoms with Gasteiger partial charge in [0.1, 0.15) is 4.88 Å². The summed E-state index contributed by atoms with van der Waals surface area (Å²) >= 11 is 1.53. The van der Waals surface area contributed by atoms with Gasteiger partial charge in [-0.1, -0.05) is 13.8 Å². The molecule has 3 heterocycles. The number of carbonyl (C=O) groups is 1. The Morgan fingerprint density at radius 2 is 2.00 bits per heavy atom. The molecule has 2 aromatic heterocycles. The fourth-order valence-electron chi connectivity index (χ4n) is 2.80. The van der Waals surface area contributed by atoms with Crippen molar-refractivity contribution in [1.82, 2.24) is 19.7 Å². The lowest BCUT2D eigenvalue weighted by Gasteiger charge is -2.39. The molecule has 118 valence electrons. The van der Waals surface area contributed by atoms with Crippen molar-refractivity contribution >= 4 is 17.2 Å². The molecule has 0 spiro atoms. The van der Waals surface area contributed by atoms with Crippen molar-refractivity contribution < 1.29 is 4.79 Å². The van der Waals surface area contributed by atoms with E-state index >= 15 is 0 Å². The Kier molecular flexibility index (Phi) is 3.80. The van der Waals surface area contributed by atoms with Gasteiger partial charge >= 0.3 is 0 Å². The molecular formula is C16H22N4OS. The summed E-state index contributed by atoms with van der Waals surface area (Å²) in [4.78, 5) is 19.8. The number of likely N-dealkylation sites (tertiary alicyclic amines) is 1. The average Bonchev–Trinajstić information content (AvgIpc) is 2.91. The first-order valence-electron chi connectivity index (χ1n) is 7.66. The SMILES string of the molecule is Cc1cc(C)n(C2CN(C(=O)c3sc(C(C)C)nc3C)C2)n1. The van der Waals surface area contributed by atoms with Crippen molar-refractivity contribution in [3.8, 4) is 0 Å². The number of hydrogen-bond acceptors (Lipinski definition) is 4.